The molecule has 0 fully saturated rings. The first kappa shape index (κ1) is 16.9. The lowest BCUT2D eigenvalue weighted by molar-refractivity contribution is 0.0721. The van der Waals surface area contributed by atoms with Crippen molar-refractivity contribution in [2.75, 3.05) is 7.05 Å². The van der Waals surface area contributed by atoms with Gasteiger partial charge in [0.1, 0.15) is 10.7 Å². The van der Waals surface area contributed by atoms with Crippen LogP contribution in [0.15, 0.2) is 29.6 Å². The molecule has 2 N–H and O–H groups in total. The molecule has 2 unspecified atom stereocenters. The highest BCUT2D eigenvalue weighted by molar-refractivity contribution is 7.09. The number of aromatic nitrogens is 1. The van der Waals surface area contributed by atoms with Crippen LogP contribution in [0.4, 0.5) is 0 Å². The molecule has 1 heterocycles. The van der Waals surface area contributed by atoms with Crippen LogP contribution < -0.4 is 5.73 Å². The zero-order chi connectivity index (χ0) is 16.3. The van der Waals surface area contributed by atoms with Crippen molar-refractivity contribution in [3.05, 3.63) is 50.9 Å². The molecule has 0 aliphatic heterocycles. The number of hydrogen-bond donors (Lipinski definition) is 1. The summed E-state index contributed by atoms with van der Waals surface area (Å²) in [6.07, 6.45) is 0. The van der Waals surface area contributed by atoms with E-state index in [-0.39, 0.29) is 17.9 Å². The van der Waals surface area contributed by atoms with Gasteiger partial charge in [-0.25, -0.2) is 4.98 Å². The second-order valence-corrected chi connectivity index (χ2v) is 6.71. The van der Waals surface area contributed by atoms with E-state index >= 15 is 0 Å². The molecule has 1 amide bonds. The number of carbonyl (C=O) groups excluding carboxylic acids is 1. The van der Waals surface area contributed by atoms with Crippen LogP contribution >= 0.6 is 22.9 Å². The summed E-state index contributed by atoms with van der Waals surface area (Å²) < 4.78 is 0. The second kappa shape index (κ2) is 7.22. The summed E-state index contributed by atoms with van der Waals surface area (Å²) in [4.78, 5) is 18.5. The van der Waals surface area contributed by atoms with Gasteiger partial charge in [0.15, 0.2) is 0 Å². The first-order valence-electron chi connectivity index (χ1n) is 7.11. The molecule has 2 aromatic rings. The van der Waals surface area contributed by atoms with Crippen LogP contribution in [-0.4, -0.2) is 28.9 Å². The maximum atomic E-state index is 12.5. The van der Waals surface area contributed by atoms with Crippen molar-refractivity contribution in [2.24, 2.45) is 5.73 Å². The lowest BCUT2D eigenvalue weighted by Gasteiger charge is -2.29. The third kappa shape index (κ3) is 3.66. The van der Waals surface area contributed by atoms with Crippen LogP contribution in [0.5, 0.6) is 0 Å². The van der Waals surface area contributed by atoms with Crippen molar-refractivity contribution in [1.29, 1.82) is 0 Å². The van der Waals surface area contributed by atoms with Crippen LogP contribution in [0.2, 0.25) is 5.02 Å². The van der Waals surface area contributed by atoms with Gasteiger partial charge >= 0.3 is 0 Å². The first-order valence-corrected chi connectivity index (χ1v) is 8.37. The molecule has 0 aliphatic carbocycles. The fourth-order valence-electron chi connectivity index (χ4n) is 2.25. The van der Waals surface area contributed by atoms with Gasteiger partial charge in [-0.15, -0.1) is 11.3 Å². The molecular weight excluding hydrogens is 318 g/mol. The largest absolute Gasteiger partial charge is 0.337 e. The zero-order valence-corrected chi connectivity index (χ0v) is 14.5. The monoisotopic (exact) mass is 337 g/mol. The number of halogens is 1. The Kier molecular flexibility index (Phi) is 5.56. The van der Waals surface area contributed by atoms with Crippen molar-refractivity contribution >= 4 is 28.8 Å². The van der Waals surface area contributed by atoms with E-state index in [0.29, 0.717) is 17.3 Å². The SMILES string of the molecule is CC(c1ccc(Cl)cc1)C(C)N(C)C(=O)c1csc(CN)n1. The van der Waals surface area contributed by atoms with Gasteiger partial charge in [-0.1, -0.05) is 30.7 Å². The summed E-state index contributed by atoms with van der Waals surface area (Å²) in [7, 11) is 1.81. The van der Waals surface area contributed by atoms with E-state index in [9.17, 15) is 4.79 Å². The van der Waals surface area contributed by atoms with E-state index in [1.165, 1.54) is 11.3 Å². The molecule has 2 atom stereocenters. The Morgan fingerprint density at radius 1 is 1.36 bits per heavy atom. The van der Waals surface area contributed by atoms with Gasteiger partial charge in [0.2, 0.25) is 0 Å². The molecule has 0 spiro atoms. The van der Waals surface area contributed by atoms with Crippen molar-refractivity contribution in [3.63, 3.8) is 0 Å². The summed E-state index contributed by atoms with van der Waals surface area (Å²) in [5.74, 6) is 0.114. The number of amides is 1. The average Bonchev–Trinajstić information content (AvgIpc) is 3.01. The third-order valence-electron chi connectivity index (χ3n) is 4.00. The molecular formula is C16H20ClN3OS. The third-order valence-corrected chi connectivity index (χ3v) is 5.12. The Labute approximate surface area is 139 Å². The number of thiazole rings is 1. The molecule has 6 heteroatoms. The predicted molar refractivity (Wildman–Crippen MR) is 91.4 cm³/mol. The Hall–Kier alpha value is -1.43. The summed E-state index contributed by atoms with van der Waals surface area (Å²) in [5, 5.41) is 3.25. The lowest BCUT2D eigenvalue weighted by Crippen LogP contribution is -2.38. The number of benzene rings is 1. The molecule has 0 radical (unpaired) electrons. The van der Waals surface area contributed by atoms with Crippen LogP contribution in [0.25, 0.3) is 0 Å². The number of likely N-dealkylation sites (N-methyl/N-ethyl adjacent to an activating group) is 1. The maximum Gasteiger partial charge on any atom is 0.273 e. The summed E-state index contributed by atoms with van der Waals surface area (Å²) in [5.41, 5.74) is 7.16. The summed E-state index contributed by atoms with van der Waals surface area (Å²) in [6, 6.07) is 7.77. The van der Waals surface area contributed by atoms with Gasteiger partial charge in [-0.05, 0) is 24.6 Å². The molecule has 0 bridgehead atoms. The number of nitrogens with zero attached hydrogens (tertiary/aromatic N) is 2. The van der Waals surface area contributed by atoms with E-state index in [4.69, 9.17) is 17.3 Å². The normalized spacial score (nSPS) is 13.7. The topological polar surface area (TPSA) is 59.2 Å². The maximum absolute atomic E-state index is 12.5. The van der Waals surface area contributed by atoms with Gasteiger partial charge in [0.05, 0.1) is 0 Å². The highest BCUT2D eigenvalue weighted by atomic mass is 35.5. The minimum atomic E-state index is -0.0794. The Morgan fingerprint density at radius 3 is 2.55 bits per heavy atom. The zero-order valence-electron chi connectivity index (χ0n) is 12.9. The molecule has 0 aliphatic rings. The van der Waals surface area contributed by atoms with E-state index in [0.717, 1.165) is 10.6 Å². The highest BCUT2D eigenvalue weighted by Crippen LogP contribution is 2.25. The van der Waals surface area contributed by atoms with Gasteiger partial charge in [-0.3, -0.25) is 4.79 Å². The van der Waals surface area contributed by atoms with Gasteiger partial charge in [-0.2, -0.15) is 0 Å². The van der Waals surface area contributed by atoms with Crippen LogP contribution in [0.1, 0.15) is 40.8 Å². The van der Waals surface area contributed by atoms with Gasteiger partial charge in [0.25, 0.3) is 5.91 Å². The van der Waals surface area contributed by atoms with Crippen LogP contribution in [0, 0.1) is 0 Å². The first-order chi connectivity index (χ1) is 10.4. The Bertz CT molecular complexity index is 641. The number of nitrogens with two attached hydrogens (primary N) is 1. The smallest absolute Gasteiger partial charge is 0.273 e. The van der Waals surface area contributed by atoms with Gasteiger partial charge in [0, 0.05) is 36.0 Å². The predicted octanol–water partition coefficient (Wildman–Crippen LogP) is 3.52. The van der Waals surface area contributed by atoms with E-state index < -0.39 is 0 Å². The average molecular weight is 338 g/mol. The fourth-order valence-corrected chi connectivity index (χ4v) is 3.02. The van der Waals surface area contributed by atoms with Crippen molar-refractivity contribution in [3.8, 4) is 0 Å². The number of hydrogen-bond acceptors (Lipinski definition) is 4. The molecule has 1 aromatic carbocycles. The number of rotatable bonds is 5. The van der Waals surface area contributed by atoms with E-state index in [1.54, 1.807) is 17.3 Å². The molecule has 4 nitrogen and oxygen atoms in total. The fraction of sp³-hybridized carbons (Fsp3) is 0.375. The van der Waals surface area contributed by atoms with Crippen molar-refractivity contribution in [2.45, 2.75) is 32.4 Å². The minimum Gasteiger partial charge on any atom is -0.337 e. The van der Waals surface area contributed by atoms with Crippen molar-refractivity contribution < 1.29 is 4.79 Å². The quantitative estimate of drug-likeness (QED) is 0.908. The molecule has 2 rings (SSSR count). The summed E-state index contributed by atoms with van der Waals surface area (Å²) in [6.45, 7) is 4.50. The van der Waals surface area contributed by atoms with Gasteiger partial charge < -0.3 is 10.6 Å². The lowest BCUT2D eigenvalue weighted by atomic mass is 9.93. The van der Waals surface area contributed by atoms with E-state index in [2.05, 4.69) is 11.9 Å². The minimum absolute atomic E-state index is 0.0386. The molecule has 0 saturated carbocycles. The van der Waals surface area contributed by atoms with E-state index in [1.807, 2.05) is 31.2 Å². The molecule has 22 heavy (non-hydrogen) atoms. The van der Waals surface area contributed by atoms with Crippen LogP contribution in [0.3, 0.4) is 0 Å². The highest BCUT2D eigenvalue weighted by Gasteiger charge is 2.24. The molecule has 118 valence electrons. The second-order valence-electron chi connectivity index (χ2n) is 5.33. The van der Waals surface area contributed by atoms with Crippen LogP contribution in [-0.2, 0) is 6.54 Å². The number of carbonyl (C=O) groups is 1. The summed E-state index contributed by atoms with van der Waals surface area (Å²) >= 11 is 7.34. The Morgan fingerprint density at radius 2 is 2.00 bits per heavy atom. The molecule has 0 saturated heterocycles. The molecule has 1 aromatic heterocycles. The Balaban J connectivity index is 2.11. The van der Waals surface area contributed by atoms with Crippen molar-refractivity contribution in [1.82, 2.24) is 9.88 Å². The standard InChI is InChI=1S/C16H20ClN3OS/c1-10(12-4-6-13(17)7-5-12)11(2)20(3)16(21)14-9-22-15(8-18)19-14/h4-7,9-11H,8,18H2,1-3H3.